The summed E-state index contributed by atoms with van der Waals surface area (Å²) in [5.74, 6) is 1.94. The van der Waals surface area contributed by atoms with Gasteiger partial charge in [-0.3, -0.25) is 0 Å². The average Bonchev–Trinajstić information content (AvgIpc) is 3.02. The normalized spacial score (nSPS) is 20.9. The highest BCUT2D eigenvalue weighted by molar-refractivity contribution is 7.99. The van der Waals surface area contributed by atoms with E-state index >= 15 is 0 Å². The van der Waals surface area contributed by atoms with Crippen molar-refractivity contribution >= 4 is 21.8 Å². The van der Waals surface area contributed by atoms with Crippen LogP contribution in [0, 0.1) is 0 Å². The zero-order valence-electron chi connectivity index (χ0n) is 12.9. The van der Waals surface area contributed by atoms with Crippen LogP contribution in [-0.2, 0) is 10.0 Å². The van der Waals surface area contributed by atoms with E-state index < -0.39 is 10.0 Å². The number of nitrogens with zero attached hydrogens (tertiary/aromatic N) is 1. The van der Waals surface area contributed by atoms with Gasteiger partial charge in [0, 0.05) is 24.9 Å². The maximum atomic E-state index is 12.8. The van der Waals surface area contributed by atoms with Gasteiger partial charge in [0.15, 0.2) is 0 Å². The standard InChI is InChI=1S/C15H24N2O2S2/c1-4-15(16-2)12-6-5-7-14(10-12)21(18,19)17(3)13-8-9-20-11-13/h5-7,10,13,15-16H,4,8-9,11H2,1-3H3. The monoisotopic (exact) mass is 328 g/mol. The molecule has 1 aromatic rings. The summed E-state index contributed by atoms with van der Waals surface area (Å²) in [6, 6.07) is 7.62. The third kappa shape index (κ3) is 3.62. The minimum atomic E-state index is -3.40. The first-order valence-corrected chi connectivity index (χ1v) is 9.93. The molecule has 2 atom stereocenters. The first-order chi connectivity index (χ1) is 10.0. The largest absolute Gasteiger partial charge is 0.313 e. The van der Waals surface area contributed by atoms with Crippen molar-refractivity contribution in [3.8, 4) is 0 Å². The number of benzene rings is 1. The zero-order valence-corrected chi connectivity index (χ0v) is 14.5. The molecule has 2 rings (SSSR count). The summed E-state index contributed by atoms with van der Waals surface area (Å²) < 4.78 is 27.1. The van der Waals surface area contributed by atoms with Crippen molar-refractivity contribution in [1.29, 1.82) is 0 Å². The molecule has 0 aliphatic carbocycles. The molecule has 4 nitrogen and oxygen atoms in total. The molecule has 1 aromatic carbocycles. The van der Waals surface area contributed by atoms with Crippen LogP contribution < -0.4 is 5.32 Å². The molecule has 1 aliphatic heterocycles. The summed E-state index contributed by atoms with van der Waals surface area (Å²) in [4.78, 5) is 0.396. The van der Waals surface area contributed by atoms with Crippen molar-refractivity contribution in [2.45, 2.75) is 36.7 Å². The summed E-state index contributed by atoms with van der Waals surface area (Å²) in [5.41, 5.74) is 1.02. The Bertz CT molecular complexity index is 565. The van der Waals surface area contributed by atoms with Gasteiger partial charge in [-0.05, 0) is 43.3 Å². The Morgan fingerprint density at radius 1 is 1.48 bits per heavy atom. The lowest BCUT2D eigenvalue weighted by Crippen LogP contribution is -2.37. The van der Waals surface area contributed by atoms with Gasteiger partial charge in [0.2, 0.25) is 10.0 Å². The summed E-state index contributed by atoms with van der Waals surface area (Å²) in [5, 5.41) is 3.22. The number of hydrogen-bond donors (Lipinski definition) is 1. The first kappa shape index (κ1) is 16.8. The summed E-state index contributed by atoms with van der Waals surface area (Å²) in [7, 11) is 0.200. The van der Waals surface area contributed by atoms with Crippen LogP contribution in [0.1, 0.15) is 31.4 Å². The minimum absolute atomic E-state index is 0.120. The quantitative estimate of drug-likeness (QED) is 0.871. The smallest absolute Gasteiger partial charge is 0.243 e. The minimum Gasteiger partial charge on any atom is -0.313 e. The molecule has 1 fully saturated rings. The fraction of sp³-hybridized carbons (Fsp3) is 0.600. The Balaban J connectivity index is 2.29. The average molecular weight is 329 g/mol. The Hall–Kier alpha value is -0.560. The van der Waals surface area contributed by atoms with E-state index in [9.17, 15) is 8.42 Å². The molecule has 2 unspecified atom stereocenters. The van der Waals surface area contributed by atoms with Crippen molar-refractivity contribution in [2.24, 2.45) is 0 Å². The summed E-state index contributed by atoms with van der Waals surface area (Å²) >= 11 is 1.82. The fourth-order valence-electron chi connectivity index (χ4n) is 2.67. The van der Waals surface area contributed by atoms with Crippen molar-refractivity contribution in [3.05, 3.63) is 29.8 Å². The van der Waals surface area contributed by atoms with Crippen LogP contribution in [0.15, 0.2) is 29.2 Å². The van der Waals surface area contributed by atoms with Crippen LogP contribution in [0.25, 0.3) is 0 Å². The Labute approximate surface area is 132 Å². The molecular weight excluding hydrogens is 304 g/mol. The fourth-order valence-corrected chi connectivity index (χ4v) is 5.47. The molecule has 1 heterocycles. The molecule has 0 saturated carbocycles. The van der Waals surface area contributed by atoms with Crippen molar-refractivity contribution in [1.82, 2.24) is 9.62 Å². The lowest BCUT2D eigenvalue weighted by atomic mass is 10.1. The zero-order chi connectivity index (χ0) is 15.5. The number of sulfonamides is 1. The third-order valence-corrected chi connectivity index (χ3v) is 7.16. The van der Waals surface area contributed by atoms with Gasteiger partial charge in [-0.25, -0.2) is 8.42 Å². The lowest BCUT2D eigenvalue weighted by Gasteiger charge is -2.24. The van der Waals surface area contributed by atoms with Gasteiger partial charge in [0.05, 0.1) is 4.90 Å². The lowest BCUT2D eigenvalue weighted by molar-refractivity contribution is 0.394. The summed E-state index contributed by atoms with van der Waals surface area (Å²) in [6.45, 7) is 2.09. The molecule has 0 spiro atoms. The Kier molecular flexibility index (Phi) is 5.71. The maximum Gasteiger partial charge on any atom is 0.243 e. The first-order valence-electron chi connectivity index (χ1n) is 7.33. The SMILES string of the molecule is CCC(NC)c1cccc(S(=O)(=O)N(C)C2CCSC2)c1. The molecule has 0 aromatic heterocycles. The number of thioether (sulfide) groups is 1. The summed E-state index contributed by atoms with van der Waals surface area (Å²) in [6.07, 6.45) is 1.86. The van der Waals surface area contributed by atoms with Crippen molar-refractivity contribution < 1.29 is 8.42 Å². The molecule has 6 heteroatoms. The predicted octanol–water partition coefficient (Wildman–Crippen LogP) is 2.48. The number of hydrogen-bond acceptors (Lipinski definition) is 4. The van der Waals surface area contributed by atoms with E-state index in [4.69, 9.17) is 0 Å². The molecule has 0 radical (unpaired) electrons. The molecule has 1 aliphatic rings. The van der Waals surface area contributed by atoms with Crippen LogP contribution in [0.4, 0.5) is 0 Å². The van der Waals surface area contributed by atoms with Gasteiger partial charge in [0.1, 0.15) is 0 Å². The van der Waals surface area contributed by atoms with E-state index in [2.05, 4.69) is 12.2 Å². The van der Waals surface area contributed by atoms with Crippen molar-refractivity contribution in [2.75, 3.05) is 25.6 Å². The predicted molar refractivity (Wildman–Crippen MR) is 89.2 cm³/mol. The molecule has 0 bridgehead atoms. The van der Waals surface area contributed by atoms with Crippen LogP contribution in [0.5, 0.6) is 0 Å². The number of rotatable bonds is 6. The molecule has 118 valence electrons. The van der Waals surface area contributed by atoms with Crippen LogP contribution >= 0.6 is 11.8 Å². The van der Waals surface area contributed by atoms with E-state index in [1.165, 1.54) is 0 Å². The second-order valence-electron chi connectivity index (χ2n) is 5.36. The van der Waals surface area contributed by atoms with E-state index in [0.29, 0.717) is 4.90 Å². The van der Waals surface area contributed by atoms with Crippen LogP contribution in [-0.4, -0.2) is 44.4 Å². The topological polar surface area (TPSA) is 49.4 Å². The maximum absolute atomic E-state index is 12.8. The van der Waals surface area contributed by atoms with Gasteiger partial charge >= 0.3 is 0 Å². The van der Waals surface area contributed by atoms with Crippen LogP contribution in [0.2, 0.25) is 0 Å². The third-order valence-electron chi connectivity index (χ3n) is 4.11. The van der Waals surface area contributed by atoms with E-state index in [1.54, 1.807) is 23.5 Å². The highest BCUT2D eigenvalue weighted by Gasteiger charge is 2.30. The van der Waals surface area contributed by atoms with Crippen LogP contribution in [0.3, 0.4) is 0 Å². The van der Waals surface area contributed by atoms with Gasteiger partial charge in [-0.15, -0.1) is 0 Å². The molecule has 1 saturated heterocycles. The molecular formula is C15H24N2O2S2. The Morgan fingerprint density at radius 2 is 2.24 bits per heavy atom. The van der Waals surface area contributed by atoms with Gasteiger partial charge in [0.25, 0.3) is 0 Å². The second-order valence-corrected chi connectivity index (χ2v) is 8.51. The highest BCUT2D eigenvalue weighted by Crippen LogP contribution is 2.27. The number of nitrogens with one attached hydrogen (secondary N) is 1. The van der Waals surface area contributed by atoms with E-state index in [1.807, 2.05) is 30.9 Å². The van der Waals surface area contributed by atoms with Gasteiger partial charge in [-0.1, -0.05) is 19.1 Å². The van der Waals surface area contributed by atoms with E-state index in [0.717, 1.165) is 29.9 Å². The van der Waals surface area contributed by atoms with Gasteiger partial charge < -0.3 is 5.32 Å². The molecule has 21 heavy (non-hydrogen) atoms. The molecule has 0 amide bonds. The van der Waals surface area contributed by atoms with E-state index in [-0.39, 0.29) is 12.1 Å². The Morgan fingerprint density at radius 3 is 2.81 bits per heavy atom. The second kappa shape index (κ2) is 7.13. The van der Waals surface area contributed by atoms with Crippen molar-refractivity contribution in [3.63, 3.8) is 0 Å². The van der Waals surface area contributed by atoms with Gasteiger partial charge in [-0.2, -0.15) is 16.1 Å². The highest BCUT2D eigenvalue weighted by atomic mass is 32.2. The molecule has 1 N–H and O–H groups in total.